The van der Waals surface area contributed by atoms with E-state index in [0.717, 1.165) is 37.3 Å². The van der Waals surface area contributed by atoms with Crippen molar-refractivity contribution in [2.75, 3.05) is 26.3 Å². The number of rotatable bonds is 3. The number of nitrogens with one attached hydrogen (secondary N) is 1. The van der Waals surface area contributed by atoms with E-state index in [0.29, 0.717) is 37.6 Å². The quantitative estimate of drug-likeness (QED) is 0.868. The molecule has 1 unspecified atom stereocenters. The summed E-state index contributed by atoms with van der Waals surface area (Å²) in [4.78, 5) is 31.9. The molecule has 8 heteroatoms. The van der Waals surface area contributed by atoms with Crippen molar-refractivity contribution in [3.63, 3.8) is 0 Å². The number of aryl methyl sites for hydroxylation is 2. The lowest BCUT2D eigenvalue weighted by molar-refractivity contribution is 0.0693. The predicted octanol–water partition coefficient (Wildman–Crippen LogP) is 2.29. The molecule has 0 saturated carbocycles. The number of ether oxygens (including phenoxy) is 1. The van der Waals surface area contributed by atoms with Crippen LogP contribution in [0.3, 0.4) is 0 Å². The molecule has 0 aliphatic carbocycles. The zero-order chi connectivity index (χ0) is 19.7. The summed E-state index contributed by atoms with van der Waals surface area (Å²) in [5, 5.41) is 7.10. The van der Waals surface area contributed by atoms with Crippen molar-refractivity contribution >= 4 is 5.91 Å². The number of aromatic nitrogens is 3. The first kappa shape index (κ1) is 18.9. The van der Waals surface area contributed by atoms with Gasteiger partial charge in [-0.15, -0.1) is 0 Å². The summed E-state index contributed by atoms with van der Waals surface area (Å²) >= 11 is 0. The summed E-state index contributed by atoms with van der Waals surface area (Å²) < 4.78 is 10.9. The first-order valence-electron chi connectivity index (χ1n) is 9.93. The van der Waals surface area contributed by atoms with E-state index in [4.69, 9.17) is 9.15 Å². The van der Waals surface area contributed by atoms with Gasteiger partial charge in [0.25, 0.3) is 5.91 Å². The number of amides is 1. The van der Waals surface area contributed by atoms with Crippen molar-refractivity contribution in [3.05, 3.63) is 45.0 Å². The Bertz CT molecular complexity index is 913. The molecule has 2 aliphatic rings. The maximum Gasteiger partial charge on any atom is 0.349 e. The molecule has 0 radical (unpaired) electrons. The third-order valence-corrected chi connectivity index (χ3v) is 5.69. The molecule has 28 heavy (non-hydrogen) atoms. The van der Waals surface area contributed by atoms with Crippen molar-refractivity contribution in [2.45, 2.75) is 51.4 Å². The fraction of sp³-hybridized carbons (Fsp3) is 0.600. The van der Waals surface area contributed by atoms with E-state index in [2.05, 4.69) is 15.2 Å². The van der Waals surface area contributed by atoms with Gasteiger partial charge >= 0.3 is 5.63 Å². The number of aromatic amines is 1. The summed E-state index contributed by atoms with van der Waals surface area (Å²) in [5.74, 6) is 2.15. The fourth-order valence-electron chi connectivity index (χ4n) is 4.15. The molecule has 2 aromatic rings. The summed E-state index contributed by atoms with van der Waals surface area (Å²) in [6, 6.07) is 1.85. The Morgan fingerprint density at radius 2 is 2.00 bits per heavy atom. The van der Waals surface area contributed by atoms with E-state index in [1.54, 1.807) is 4.90 Å². The molecule has 4 rings (SSSR count). The van der Waals surface area contributed by atoms with Crippen LogP contribution in [0.15, 0.2) is 15.3 Å². The van der Waals surface area contributed by atoms with Gasteiger partial charge in [-0.3, -0.25) is 9.89 Å². The minimum Gasteiger partial charge on any atom is -0.427 e. The largest absolute Gasteiger partial charge is 0.427 e. The normalized spacial score (nSPS) is 21.1. The van der Waals surface area contributed by atoms with Crippen molar-refractivity contribution in [1.29, 1.82) is 0 Å². The van der Waals surface area contributed by atoms with Crippen LogP contribution in [-0.2, 0) is 4.74 Å². The van der Waals surface area contributed by atoms with E-state index in [1.807, 2.05) is 19.9 Å². The summed E-state index contributed by atoms with van der Waals surface area (Å²) in [7, 11) is 0. The van der Waals surface area contributed by atoms with Gasteiger partial charge in [0.2, 0.25) is 0 Å². The molecular weight excluding hydrogens is 360 g/mol. The number of hydrogen-bond donors (Lipinski definition) is 1. The topological polar surface area (TPSA) is 101 Å². The molecule has 0 bridgehead atoms. The van der Waals surface area contributed by atoms with E-state index >= 15 is 0 Å². The highest BCUT2D eigenvalue weighted by Crippen LogP contribution is 2.28. The monoisotopic (exact) mass is 386 g/mol. The third kappa shape index (κ3) is 3.73. The lowest BCUT2D eigenvalue weighted by Crippen LogP contribution is -2.41. The fourth-order valence-corrected chi connectivity index (χ4v) is 4.15. The Morgan fingerprint density at radius 3 is 2.68 bits per heavy atom. The summed E-state index contributed by atoms with van der Waals surface area (Å²) in [6.07, 6.45) is 3.45. The maximum atomic E-state index is 13.1. The first-order valence-corrected chi connectivity index (χ1v) is 9.93. The van der Waals surface area contributed by atoms with Crippen LogP contribution in [0.2, 0.25) is 0 Å². The zero-order valence-electron chi connectivity index (χ0n) is 16.4. The number of H-pyrrole nitrogens is 1. The molecular formula is C20H26N4O4. The number of hydrogen-bond acceptors (Lipinski definition) is 6. The predicted molar refractivity (Wildman–Crippen MR) is 102 cm³/mol. The van der Waals surface area contributed by atoms with Gasteiger partial charge in [0.15, 0.2) is 5.82 Å². The first-order chi connectivity index (χ1) is 13.5. The molecule has 2 saturated heterocycles. The van der Waals surface area contributed by atoms with Crippen LogP contribution >= 0.6 is 0 Å². The molecule has 0 aromatic carbocycles. The van der Waals surface area contributed by atoms with Gasteiger partial charge in [-0.25, -0.2) is 9.78 Å². The van der Waals surface area contributed by atoms with Gasteiger partial charge in [0.1, 0.15) is 17.1 Å². The maximum absolute atomic E-state index is 13.1. The molecule has 1 N–H and O–H groups in total. The smallest absolute Gasteiger partial charge is 0.349 e. The average molecular weight is 386 g/mol. The molecule has 8 nitrogen and oxygen atoms in total. The van der Waals surface area contributed by atoms with E-state index in [9.17, 15) is 9.59 Å². The van der Waals surface area contributed by atoms with E-state index in [1.165, 1.54) is 0 Å². The van der Waals surface area contributed by atoms with Crippen molar-refractivity contribution in [3.8, 4) is 0 Å². The summed E-state index contributed by atoms with van der Waals surface area (Å²) in [6.45, 7) is 6.15. The standard InChI is InChI=1S/C20H26N4O4/c1-12-10-16(14-5-8-27-9-6-14)28-20(26)17(12)19(25)24-7-3-4-15(11-24)18-21-13(2)22-23-18/h10,14-15H,3-9,11H2,1-2H3,(H,21,22,23). The lowest BCUT2D eigenvalue weighted by Gasteiger charge is -2.31. The lowest BCUT2D eigenvalue weighted by atomic mass is 9.94. The molecule has 150 valence electrons. The van der Waals surface area contributed by atoms with Crippen LogP contribution in [0.1, 0.15) is 70.8 Å². The van der Waals surface area contributed by atoms with Crippen LogP contribution in [0.4, 0.5) is 0 Å². The molecule has 4 heterocycles. The van der Waals surface area contributed by atoms with Crippen LogP contribution in [-0.4, -0.2) is 52.3 Å². The van der Waals surface area contributed by atoms with Gasteiger partial charge < -0.3 is 14.1 Å². The SMILES string of the molecule is Cc1nc(C2CCCN(C(=O)c3c(C)cc(C4CCOCC4)oc3=O)C2)n[nH]1. The number of carbonyl (C=O) groups excluding carboxylic acids is 1. The highest BCUT2D eigenvalue weighted by atomic mass is 16.5. The van der Waals surface area contributed by atoms with E-state index in [-0.39, 0.29) is 23.3 Å². The molecule has 2 fully saturated rings. The minimum atomic E-state index is -0.539. The second-order valence-electron chi connectivity index (χ2n) is 7.75. The number of piperidine rings is 1. The summed E-state index contributed by atoms with van der Waals surface area (Å²) in [5.41, 5.74) is 0.281. The van der Waals surface area contributed by atoms with Gasteiger partial charge in [-0.2, -0.15) is 5.10 Å². The Labute approximate surface area is 163 Å². The molecule has 2 aromatic heterocycles. The second-order valence-corrected chi connectivity index (χ2v) is 7.75. The molecule has 1 amide bonds. The zero-order valence-corrected chi connectivity index (χ0v) is 16.4. The van der Waals surface area contributed by atoms with Crippen molar-refractivity contribution in [1.82, 2.24) is 20.1 Å². The Kier molecular flexibility index (Phi) is 5.30. The third-order valence-electron chi connectivity index (χ3n) is 5.69. The average Bonchev–Trinajstić information content (AvgIpc) is 3.14. The van der Waals surface area contributed by atoms with Crippen LogP contribution in [0, 0.1) is 13.8 Å². The molecule has 1 atom stereocenters. The number of carbonyl (C=O) groups is 1. The molecule has 2 aliphatic heterocycles. The van der Waals surface area contributed by atoms with E-state index < -0.39 is 5.63 Å². The van der Waals surface area contributed by atoms with Gasteiger partial charge in [-0.05, 0) is 51.2 Å². The number of nitrogens with zero attached hydrogens (tertiary/aromatic N) is 3. The van der Waals surface area contributed by atoms with Crippen molar-refractivity contribution in [2.24, 2.45) is 0 Å². The molecule has 0 spiro atoms. The van der Waals surface area contributed by atoms with Crippen LogP contribution in [0.25, 0.3) is 0 Å². The highest BCUT2D eigenvalue weighted by Gasteiger charge is 2.31. The van der Waals surface area contributed by atoms with Crippen LogP contribution in [0.5, 0.6) is 0 Å². The van der Waals surface area contributed by atoms with Gasteiger partial charge in [0, 0.05) is 38.1 Å². The Morgan fingerprint density at radius 1 is 1.21 bits per heavy atom. The minimum absolute atomic E-state index is 0.0801. The number of likely N-dealkylation sites (tertiary alicyclic amines) is 1. The van der Waals surface area contributed by atoms with Gasteiger partial charge in [-0.1, -0.05) is 0 Å². The highest BCUT2D eigenvalue weighted by molar-refractivity contribution is 5.95. The second kappa shape index (κ2) is 7.87. The Hall–Kier alpha value is -2.48. The van der Waals surface area contributed by atoms with Crippen LogP contribution < -0.4 is 5.63 Å². The Balaban J connectivity index is 1.54. The van der Waals surface area contributed by atoms with Crippen molar-refractivity contribution < 1.29 is 13.9 Å². The van der Waals surface area contributed by atoms with Gasteiger partial charge in [0.05, 0.1) is 0 Å².